The lowest BCUT2D eigenvalue weighted by atomic mass is 10.0. The maximum atomic E-state index is 12.8. The van der Waals surface area contributed by atoms with E-state index in [0.29, 0.717) is 5.69 Å². The van der Waals surface area contributed by atoms with Crippen LogP contribution in [-0.4, -0.2) is 47.5 Å². The summed E-state index contributed by atoms with van der Waals surface area (Å²) in [5, 5.41) is 25.1. The van der Waals surface area contributed by atoms with Crippen molar-refractivity contribution >= 4 is 39.5 Å². The summed E-state index contributed by atoms with van der Waals surface area (Å²) < 4.78 is 5.42. The van der Waals surface area contributed by atoms with Crippen LogP contribution in [0.25, 0.3) is 22.2 Å². The third-order valence-electron chi connectivity index (χ3n) is 6.12. The van der Waals surface area contributed by atoms with E-state index in [-0.39, 0.29) is 12.0 Å². The molecule has 7 nitrogen and oxygen atoms in total. The molecule has 0 radical (unpaired) electrons. The molecule has 5 rings (SSSR count). The van der Waals surface area contributed by atoms with Crippen LogP contribution in [0.1, 0.15) is 24.5 Å². The van der Waals surface area contributed by atoms with E-state index < -0.39 is 6.10 Å². The average Bonchev–Trinajstić information content (AvgIpc) is 3.50. The van der Waals surface area contributed by atoms with Crippen molar-refractivity contribution in [2.75, 3.05) is 30.4 Å². The highest BCUT2D eigenvalue weighted by Crippen LogP contribution is 2.31. The van der Waals surface area contributed by atoms with Crippen LogP contribution in [0.3, 0.4) is 0 Å². The van der Waals surface area contributed by atoms with Gasteiger partial charge in [0.05, 0.1) is 17.3 Å². The van der Waals surface area contributed by atoms with Crippen LogP contribution in [0.5, 0.6) is 0 Å². The number of H-pyrrole nitrogens is 1. The predicted molar refractivity (Wildman–Crippen MR) is 132 cm³/mol. The molecule has 8 heteroatoms. The fourth-order valence-corrected chi connectivity index (χ4v) is 4.97. The number of hydrogen-bond donors (Lipinski definition) is 3. The van der Waals surface area contributed by atoms with Gasteiger partial charge in [-0.3, -0.25) is 9.89 Å². The number of thiophene rings is 1. The Balaban J connectivity index is 1.37. The third-order valence-corrected chi connectivity index (χ3v) is 6.82. The molecule has 2 aromatic heterocycles. The Kier molecular flexibility index (Phi) is 6.13. The molecule has 2 aromatic carbocycles. The van der Waals surface area contributed by atoms with Crippen molar-refractivity contribution in [2.24, 2.45) is 0 Å². The quantitative estimate of drug-likeness (QED) is 0.390. The Hall–Kier alpha value is -3.20. The second-order valence-electron chi connectivity index (χ2n) is 8.26. The number of aliphatic hydroxyl groups excluding tert-OH is 1. The number of piperidine rings is 1. The molecule has 4 aromatic rings. The first-order valence-electron chi connectivity index (χ1n) is 11.0. The largest absolute Gasteiger partial charge is 0.393 e. The van der Waals surface area contributed by atoms with Gasteiger partial charge in [0.25, 0.3) is 5.91 Å². The van der Waals surface area contributed by atoms with Crippen molar-refractivity contribution in [3.63, 3.8) is 0 Å². The number of aliphatic hydroxyl groups is 1. The number of nitrogens with zero attached hydrogens (tertiary/aromatic N) is 2. The Morgan fingerprint density at radius 1 is 1.21 bits per heavy atom. The summed E-state index contributed by atoms with van der Waals surface area (Å²) in [4.78, 5) is 15.1. The number of ether oxygens (including phenoxy) is 1. The van der Waals surface area contributed by atoms with Crippen LogP contribution >= 0.6 is 11.3 Å². The molecule has 0 spiro atoms. The van der Waals surface area contributed by atoms with Gasteiger partial charge in [-0.25, -0.2) is 0 Å². The second kappa shape index (κ2) is 9.35. The van der Waals surface area contributed by atoms with Gasteiger partial charge in [-0.15, -0.1) is 0 Å². The monoisotopic (exact) mass is 462 g/mol. The summed E-state index contributed by atoms with van der Waals surface area (Å²) in [5.41, 5.74) is 5.42. The minimum absolute atomic E-state index is 0.185. The molecule has 1 saturated heterocycles. The van der Waals surface area contributed by atoms with Crippen molar-refractivity contribution in [1.82, 2.24) is 10.2 Å². The van der Waals surface area contributed by atoms with Crippen molar-refractivity contribution < 1.29 is 14.6 Å². The molecule has 0 saturated carbocycles. The molecule has 1 aliphatic rings. The highest BCUT2D eigenvalue weighted by atomic mass is 32.1. The molecular formula is C25H26N4O3S. The van der Waals surface area contributed by atoms with E-state index in [1.807, 2.05) is 35.0 Å². The van der Waals surface area contributed by atoms with Gasteiger partial charge < -0.3 is 20.1 Å². The van der Waals surface area contributed by atoms with Gasteiger partial charge in [-0.05, 0) is 60.0 Å². The van der Waals surface area contributed by atoms with Crippen LogP contribution in [0.15, 0.2) is 59.3 Å². The van der Waals surface area contributed by atoms with Gasteiger partial charge in [0.1, 0.15) is 0 Å². The van der Waals surface area contributed by atoms with E-state index in [2.05, 4.69) is 44.7 Å². The third kappa shape index (κ3) is 4.50. The number of methoxy groups -OCH3 is 1. The minimum atomic E-state index is -0.654. The topological polar surface area (TPSA) is 90.5 Å². The number of hydrogen-bond acceptors (Lipinski definition) is 6. The lowest BCUT2D eigenvalue weighted by Crippen LogP contribution is -2.35. The molecule has 0 bridgehead atoms. The molecule has 3 N–H and O–H groups in total. The fourth-order valence-electron chi connectivity index (χ4n) is 4.29. The van der Waals surface area contributed by atoms with Gasteiger partial charge in [0, 0.05) is 48.1 Å². The number of rotatable bonds is 6. The van der Waals surface area contributed by atoms with E-state index in [0.717, 1.165) is 59.3 Å². The number of nitrogens with one attached hydrogen (secondary N) is 2. The van der Waals surface area contributed by atoms with E-state index >= 15 is 0 Å². The number of benzene rings is 2. The van der Waals surface area contributed by atoms with Crippen molar-refractivity contribution in [3.05, 3.63) is 64.9 Å². The summed E-state index contributed by atoms with van der Waals surface area (Å²) in [6, 6.07) is 15.9. The Labute approximate surface area is 196 Å². The summed E-state index contributed by atoms with van der Waals surface area (Å²) in [5.74, 6) is -0.212. The number of amides is 1. The first kappa shape index (κ1) is 21.6. The molecule has 33 heavy (non-hydrogen) atoms. The SMILES string of the molecule is COC(C(=O)Nc1ccc2[nH]nc(-c3ccc(N4CCC(O)CC4)cc3)c2c1)c1ccsc1. The summed E-state index contributed by atoms with van der Waals surface area (Å²) in [6.07, 6.45) is 0.766. The van der Waals surface area contributed by atoms with Crippen LogP contribution < -0.4 is 10.2 Å². The zero-order valence-corrected chi connectivity index (χ0v) is 19.1. The molecule has 3 heterocycles. The molecule has 1 aliphatic heterocycles. The number of aromatic nitrogens is 2. The number of aromatic amines is 1. The molecule has 0 aliphatic carbocycles. The van der Waals surface area contributed by atoms with E-state index in [4.69, 9.17) is 4.74 Å². The molecule has 1 fully saturated rings. The summed E-state index contributed by atoms with van der Waals surface area (Å²) >= 11 is 1.53. The molecule has 170 valence electrons. The maximum Gasteiger partial charge on any atom is 0.258 e. The molecule has 1 atom stereocenters. The lowest BCUT2D eigenvalue weighted by Gasteiger charge is -2.31. The first-order valence-corrected chi connectivity index (χ1v) is 11.9. The van der Waals surface area contributed by atoms with Crippen molar-refractivity contribution in [1.29, 1.82) is 0 Å². The Morgan fingerprint density at radius 3 is 2.70 bits per heavy atom. The summed E-state index contributed by atoms with van der Waals surface area (Å²) in [6.45, 7) is 1.73. The van der Waals surface area contributed by atoms with E-state index in [9.17, 15) is 9.90 Å². The molecular weight excluding hydrogens is 436 g/mol. The molecule has 1 unspecified atom stereocenters. The lowest BCUT2D eigenvalue weighted by molar-refractivity contribution is -0.126. The fraction of sp³-hybridized carbons (Fsp3) is 0.280. The first-order chi connectivity index (χ1) is 16.1. The van der Waals surface area contributed by atoms with Crippen LogP contribution in [0.4, 0.5) is 11.4 Å². The highest BCUT2D eigenvalue weighted by Gasteiger charge is 2.21. The van der Waals surface area contributed by atoms with Gasteiger partial charge >= 0.3 is 0 Å². The zero-order valence-electron chi connectivity index (χ0n) is 18.3. The standard InChI is InChI=1S/C25H26N4O3S/c1-32-24(17-10-13-33-15-17)25(31)26-18-4-7-22-21(14-18)23(28-27-22)16-2-5-19(6-3-16)29-11-8-20(30)9-12-29/h2-7,10,13-15,20,24,30H,8-9,11-12H2,1H3,(H,26,31)(H,27,28). The number of carbonyl (C=O) groups is 1. The van der Waals surface area contributed by atoms with Crippen molar-refractivity contribution in [3.8, 4) is 11.3 Å². The highest BCUT2D eigenvalue weighted by molar-refractivity contribution is 7.08. The summed E-state index contributed by atoms with van der Waals surface area (Å²) in [7, 11) is 1.54. The zero-order chi connectivity index (χ0) is 22.8. The van der Waals surface area contributed by atoms with E-state index in [1.165, 1.54) is 18.4 Å². The van der Waals surface area contributed by atoms with Crippen molar-refractivity contribution in [2.45, 2.75) is 25.0 Å². The average molecular weight is 463 g/mol. The van der Waals surface area contributed by atoms with Gasteiger partial charge in [0.15, 0.2) is 6.10 Å². The number of carbonyl (C=O) groups excluding carboxylic acids is 1. The van der Waals surface area contributed by atoms with E-state index in [1.54, 1.807) is 0 Å². The van der Waals surface area contributed by atoms with Crippen LogP contribution in [0.2, 0.25) is 0 Å². The van der Waals surface area contributed by atoms with Crippen LogP contribution in [-0.2, 0) is 9.53 Å². The second-order valence-corrected chi connectivity index (χ2v) is 9.04. The Morgan fingerprint density at radius 2 is 2.00 bits per heavy atom. The normalized spacial score (nSPS) is 15.6. The number of fused-ring (bicyclic) bond motifs is 1. The Bertz CT molecular complexity index is 1230. The predicted octanol–water partition coefficient (Wildman–Crippen LogP) is 4.58. The van der Waals surface area contributed by atoms with Gasteiger partial charge in [-0.2, -0.15) is 16.4 Å². The number of anilines is 2. The van der Waals surface area contributed by atoms with Crippen LogP contribution in [0, 0.1) is 0 Å². The maximum absolute atomic E-state index is 12.8. The van der Waals surface area contributed by atoms with Gasteiger partial charge in [0.2, 0.25) is 0 Å². The smallest absolute Gasteiger partial charge is 0.258 e. The minimum Gasteiger partial charge on any atom is -0.393 e. The molecule has 1 amide bonds. The van der Waals surface area contributed by atoms with Gasteiger partial charge in [-0.1, -0.05) is 12.1 Å².